The second kappa shape index (κ2) is 8.87. The summed E-state index contributed by atoms with van der Waals surface area (Å²) >= 11 is 5.88. The van der Waals surface area contributed by atoms with E-state index >= 15 is 0 Å². The lowest BCUT2D eigenvalue weighted by Gasteiger charge is -2.40. The number of aliphatic hydroxyl groups is 1. The Morgan fingerprint density at radius 2 is 2.00 bits per heavy atom. The van der Waals surface area contributed by atoms with Crippen molar-refractivity contribution in [3.05, 3.63) is 75.2 Å². The number of carbonyl (C=O) groups excluding carboxylic acids is 2. The Morgan fingerprint density at radius 1 is 1.23 bits per heavy atom. The summed E-state index contributed by atoms with van der Waals surface area (Å²) in [6.07, 6.45) is 2.26. The van der Waals surface area contributed by atoms with Gasteiger partial charge in [-0.15, -0.1) is 0 Å². The number of amides is 2. The zero-order chi connectivity index (χ0) is 22.0. The van der Waals surface area contributed by atoms with Gasteiger partial charge >= 0.3 is 0 Å². The summed E-state index contributed by atoms with van der Waals surface area (Å²) in [7, 11) is 0. The number of nitrogens with one attached hydrogen (secondary N) is 1. The fraction of sp³-hybridized carbons (Fsp3) is 0.273. The van der Waals surface area contributed by atoms with Gasteiger partial charge in [0, 0.05) is 29.7 Å². The van der Waals surface area contributed by atoms with Crippen LogP contribution in [0.1, 0.15) is 22.3 Å². The number of carbonyl (C=O) groups is 2. The van der Waals surface area contributed by atoms with Gasteiger partial charge in [0.1, 0.15) is 17.8 Å². The van der Waals surface area contributed by atoms with Crippen molar-refractivity contribution in [2.75, 3.05) is 13.2 Å². The Labute approximate surface area is 183 Å². The predicted octanol–water partition coefficient (Wildman–Crippen LogP) is 1.57. The van der Waals surface area contributed by atoms with Gasteiger partial charge in [-0.1, -0.05) is 23.7 Å². The molecule has 0 aliphatic carbocycles. The maximum Gasteiger partial charge on any atom is 0.265 e. The van der Waals surface area contributed by atoms with Gasteiger partial charge in [-0.25, -0.2) is 4.98 Å². The topological polar surface area (TPSA) is 105 Å². The molecular formula is C22H21ClN4O4. The summed E-state index contributed by atoms with van der Waals surface area (Å²) in [5.74, 6) is -0.831. The van der Waals surface area contributed by atoms with Gasteiger partial charge in [0.15, 0.2) is 0 Å². The third-order valence-electron chi connectivity index (χ3n) is 5.43. The zero-order valence-electron chi connectivity index (χ0n) is 16.6. The van der Waals surface area contributed by atoms with Crippen LogP contribution in [0.5, 0.6) is 0 Å². The van der Waals surface area contributed by atoms with Gasteiger partial charge < -0.3 is 15.3 Å². The number of likely N-dealkylation sites (tertiary alicyclic amines) is 1. The number of hydrogen-bond donors (Lipinski definition) is 2. The Morgan fingerprint density at radius 3 is 2.68 bits per heavy atom. The molecule has 0 saturated carbocycles. The molecule has 2 N–H and O–H groups in total. The van der Waals surface area contributed by atoms with Crippen LogP contribution >= 0.6 is 11.6 Å². The average Bonchev–Trinajstić information content (AvgIpc) is 2.74. The first kappa shape index (κ1) is 21.0. The summed E-state index contributed by atoms with van der Waals surface area (Å²) in [6, 6.07) is 11.7. The molecule has 1 aliphatic heterocycles. The van der Waals surface area contributed by atoms with E-state index in [-0.39, 0.29) is 37.2 Å². The molecule has 0 radical (unpaired) electrons. The van der Waals surface area contributed by atoms with Crippen molar-refractivity contribution in [1.29, 1.82) is 0 Å². The molecule has 2 aromatic heterocycles. The lowest BCUT2D eigenvalue weighted by Crippen LogP contribution is -2.54. The van der Waals surface area contributed by atoms with Crippen LogP contribution in [-0.2, 0) is 17.9 Å². The van der Waals surface area contributed by atoms with E-state index < -0.39 is 11.5 Å². The molecule has 0 bridgehead atoms. The minimum absolute atomic E-state index is 0.0652. The molecule has 0 spiro atoms. The number of aliphatic hydroxyl groups excluding tert-OH is 1. The number of hydrogen-bond acceptors (Lipinski definition) is 5. The Hall–Kier alpha value is -3.23. The highest BCUT2D eigenvalue weighted by molar-refractivity contribution is 6.30. The van der Waals surface area contributed by atoms with Crippen LogP contribution in [0.25, 0.3) is 11.0 Å². The summed E-state index contributed by atoms with van der Waals surface area (Å²) in [5, 5.41) is 13.3. The number of halogens is 1. The first-order chi connectivity index (χ1) is 15.0. The predicted molar refractivity (Wildman–Crippen MR) is 116 cm³/mol. The van der Waals surface area contributed by atoms with Gasteiger partial charge in [0.2, 0.25) is 5.91 Å². The second-order valence-electron chi connectivity index (χ2n) is 7.39. The van der Waals surface area contributed by atoms with Crippen molar-refractivity contribution in [2.45, 2.75) is 25.6 Å². The highest BCUT2D eigenvalue weighted by Gasteiger charge is 2.32. The molecule has 9 heteroatoms. The number of nitrogens with zero attached hydrogens (tertiary/aromatic N) is 3. The molecule has 8 nitrogen and oxygen atoms in total. The minimum Gasteiger partial charge on any atom is -0.394 e. The second-order valence-corrected chi connectivity index (χ2v) is 7.82. The van der Waals surface area contributed by atoms with Crippen LogP contribution in [0, 0.1) is 0 Å². The Kier molecular flexibility index (Phi) is 6.01. The third-order valence-corrected chi connectivity index (χ3v) is 5.68. The molecule has 1 aromatic carbocycles. The van der Waals surface area contributed by atoms with Crippen LogP contribution in [0.15, 0.2) is 53.5 Å². The first-order valence-corrected chi connectivity index (χ1v) is 10.3. The molecule has 2 amide bonds. The van der Waals surface area contributed by atoms with Crippen molar-refractivity contribution < 1.29 is 14.7 Å². The van der Waals surface area contributed by atoms with Crippen molar-refractivity contribution in [2.24, 2.45) is 0 Å². The smallest absolute Gasteiger partial charge is 0.265 e. The van der Waals surface area contributed by atoms with E-state index in [9.17, 15) is 19.5 Å². The summed E-state index contributed by atoms with van der Waals surface area (Å²) in [4.78, 5) is 44.4. The standard InChI is InChI=1S/C22H21ClN4O4/c23-16-5-3-14(4-6-16)11-25-21(30)18-10-15-2-1-8-24-20(15)27(22(18)31)12-19(29)26-9-7-17(26)13-28/h1-6,8,10,17,28H,7,9,11-13H2,(H,25,30). The third kappa shape index (κ3) is 4.30. The van der Waals surface area contributed by atoms with E-state index in [4.69, 9.17) is 11.6 Å². The average molecular weight is 441 g/mol. The maximum absolute atomic E-state index is 13.1. The molecule has 1 unspecified atom stereocenters. The molecular weight excluding hydrogens is 420 g/mol. The lowest BCUT2D eigenvalue weighted by molar-refractivity contribution is -0.141. The van der Waals surface area contributed by atoms with Crippen LogP contribution < -0.4 is 10.9 Å². The monoisotopic (exact) mass is 440 g/mol. The summed E-state index contributed by atoms with van der Waals surface area (Å²) in [5.41, 5.74) is 0.513. The Balaban J connectivity index is 1.62. The maximum atomic E-state index is 13.1. The van der Waals surface area contributed by atoms with E-state index in [0.717, 1.165) is 12.0 Å². The molecule has 1 fully saturated rings. The molecule has 160 valence electrons. The van der Waals surface area contributed by atoms with E-state index in [1.54, 1.807) is 36.4 Å². The molecule has 1 atom stereocenters. The summed E-state index contributed by atoms with van der Waals surface area (Å²) in [6.45, 7) is 0.394. The number of pyridine rings is 2. The van der Waals surface area contributed by atoms with E-state index in [1.807, 2.05) is 0 Å². The van der Waals surface area contributed by atoms with Gasteiger partial charge in [-0.2, -0.15) is 0 Å². The van der Waals surface area contributed by atoms with E-state index in [2.05, 4.69) is 10.3 Å². The van der Waals surface area contributed by atoms with E-state index in [1.165, 1.54) is 21.7 Å². The fourth-order valence-corrected chi connectivity index (χ4v) is 3.71. The largest absolute Gasteiger partial charge is 0.394 e. The highest BCUT2D eigenvalue weighted by Crippen LogP contribution is 2.18. The van der Waals surface area contributed by atoms with Crippen LogP contribution in [0.4, 0.5) is 0 Å². The SMILES string of the molecule is O=C(NCc1ccc(Cl)cc1)c1cc2cccnc2n(CC(=O)N2CCC2CO)c1=O. The molecule has 4 rings (SSSR count). The highest BCUT2D eigenvalue weighted by atomic mass is 35.5. The minimum atomic E-state index is -0.589. The van der Waals surface area contributed by atoms with Crippen molar-refractivity contribution in [3.63, 3.8) is 0 Å². The lowest BCUT2D eigenvalue weighted by atomic mass is 10.0. The van der Waals surface area contributed by atoms with Crippen molar-refractivity contribution in [3.8, 4) is 0 Å². The number of benzene rings is 1. The van der Waals surface area contributed by atoms with Crippen LogP contribution in [0.2, 0.25) is 5.02 Å². The van der Waals surface area contributed by atoms with Gasteiger partial charge in [-0.05, 0) is 42.3 Å². The van der Waals surface area contributed by atoms with E-state index in [0.29, 0.717) is 22.6 Å². The molecule has 3 heterocycles. The molecule has 3 aromatic rings. The quantitative estimate of drug-likeness (QED) is 0.605. The van der Waals surface area contributed by atoms with Crippen LogP contribution in [0.3, 0.4) is 0 Å². The fourth-order valence-electron chi connectivity index (χ4n) is 3.58. The zero-order valence-corrected chi connectivity index (χ0v) is 17.4. The van der Waals surface area contributed by atoms with Gasteiger partial charge in [0.05, 0.1) is 12.6 Å². The van der Waals surface area contributed by atoms with Crippen molar-refractivity contribution in [1.82, 2.24) is 19.8 Å². The van der Waals surface area contributed by atoms with Gasteiger partial charge in [-0.3, -0.25) is 19.0 Å². The number of aromatic nitrogens is 2. The molecule has 1 saturated heterocycles. The number of rotatable bonds is 6. The number of fused-ring (bicyclic) bond motifs is 1. The van der Waals surface area contributed by atoms with Gasteiger partial charge in [0.25, 0.3) is 11.5 Å². The summed E-state index contributed by atoms with van der Waals surface area (Å²) < 4.78 is 1.22. The molecule has 31 heavy (non-hydrogen) atoms. The molecule has 1 aliphatic rings. The first-order valence-electron chi connectivity index (χ1n) is 9.89. The normalized spacial score (nSPS) is 15.5. The van der Waals surface area contributed by atoms with Crippen molar-refractivity contribution >= 4 is 34.4 Å². The Bertz CT molecular complexity index is 1190. The van der Waals surface area contributed by atoms with Crippen LogP contribution in [-0.4, -0.2) is 50.6 Å².